The lowest BCUT2D eigenvalue weighted by molar-refractivity contribution is -0.121. The van der Waals surface area contributed by atoms with Crippen molar-refractivity contribution in [2.24, 2.45) is 0 Å². The summed E-state index contributed by atoms with van der Waals surface area (Å²) in [5, 5.41) is 4.59. The molecule has 110 valence electrons. The number of hydrogen-bond acceptors (Lipinski definition) is 4. The summed E-state index contributed by atoms with van der Waals surface area (Å²) in [6.45, 7) is 0. The van der Waals surface area contributed by atoms with E-state index in [0.717, 1.165) is 16.9 Å². The first-order chi connectivity index (χ1) is 10.7. The Bertz CT molecular complexity index is 765. The zero-order valence-corrected chi connectivity index (χ0v) is 12.4. The summed E-state index contributed by atoms with van der Waals surface area (Å²) >= 11 is 1.34. The van der Waals surface area contributed by atoms with Gasteiger partial charge < -0.3 is 5.32 Å². The van der Waals surface area contributed by atoms with Crippen LogP contribution in [-0.2, 0) is 14.5 Å². The zero-order valence-electron chi connectivity index (χ0n) is 11.6. The van der Waals surface area contributed by atoms with E-state index in [1.807, 2.05) is 54.6 Å². The fraction of sp³-hybridized carbons (Fsp3) is 0.125. The molecule has 0 bridgehead atoms. The molecule has 1 fully saturated rings. The van der Waals surface area contributed by atoms with Gasteiger partial charge in [0.1, 0.15) is 0 Å². The Morgan fingerprint density at radius 3 is 2.55 bits per heavy atom. The van der Waals surface area contributed by atoms with Crippen LogP contribution in [0, 0.1) is 0 Å². The standard InChI is InChI=1S/C16H13N3O2S/c20-14-10-22-16(19(18-14)11-6-2-1-3-7-11)12-8-4-5-9-13(12)17-15(16)21/h1-9H,10H2,(H,17,21)(H,18,20)/t16-/m1/s1. The number of hydrazine groups is 1. The molecule has 2 aromatic rings. The van der Waals surface area contributed by atoms with Gasteiger partial charge in [-0.05, 0) is 18.2 Å². The molecule has 0 aliphatic carbocycles. The molecule has 2 N–H and O–H groups in total. The Kier molecular flexibility index (Phi) is 2.87. The highest BCUT2D eigenvalue weighted by atomic mass is 32.2. The lowest BCUT2D eigenvalue weighted by Gasteiger charge is -2.43. The number of carbonyl (C=O) groups excluding carboxylic acids is 2. The Morgan fingerprint density at radius 2 is 1.73 bits per heavy atom. The number of carbonyl (C=O) groups is 2. The summed E-state index contributed by atoms with van der Waals surface area (Å²) in [4.78, 5) is 23.7. The first kappa shape index (κ1) is 13.2. The Morgan fingerprint density at radius 1 is 1.00 bits per heavy atom. The molecule has 1 atom stereocenters. The molecule has 1 saturated heterocycles. The van der Waals surface area contributed by atoms with Crippen LogP contribution >= 0.6 is 11.8 Å². The smallest absolute Gasteiger partial charge is 0.267 e. The van der Waals surface area contributed by atoms with E-state index in [1.165, 1.54) is 11.8 Å². The van der Waals surface area contributed by atoms with E-state index in [1.54, 1.807) is 5.01 Å². The van der Waals surface area contributed by atoms with Crippen molar-refractivity contribution in [2.45, 2.75) is 4.87 Å². The van der Waals surface area contributed by atoms with Crippen LogP contribution in [0.2, 0.25) is 0 Å². The number of rotatable bonds is 1. The molecule has 2 heterocycles. The Labute approximate surface area is 131 Å². The van der Waals surface area contributed by atoms with Crippen LogP contribution in [-0.4, -0.2) is 17.6 Å². The van der Waals surface area contributed by atoms with Crippen molar-refractivity contribution in [2.75, 3.05) is 16.1 Å². The predicted octanol–water partition coefficient (Wildman–Crippen LogP) is 2.08. The maximum atomic E-state index is 12.8. The van der Waals surface area contributed by atoms with Crippen LogP contribution < -0.4 is 15.8 Å². The lowest BCUT2D eigenvalue weighted by Crippen LogP contribution is -2.61. The number of fused-ring (bicyclic) bond motifs is 2. The number of para-hydroxylation sites is 2. The van der Waals surface area contributed by atoms with E-state index in [4.69, 9.17) is 0 Å². The highest BCUT2D eigenvalue weighted by molar-refractivity contribution is 8.01. The average molecular weight is 311 g/mol. The van der Waals surface area contributed by atoms with Crippen LogP contribution in [0.3, 0.4) is 0 Å². The summed E-state index contributed by atoms with van der Waals surface area (Å²) in [6, 6.07) is 17.0. The maximum Gasteiger partial charge on any atom is 0.267 e. The predicted molar refractivity (Wildman–Crippen MR) is 86.3 cm³/mol. The van der Waals surface area contributed by atoms with E-state index in [-0.39, 0.29) is 17.6 Å². The molecule has 2 amide bonds. The first-order valence-electron chi connectivity index (χ1n) is 6.91. The van der Waals surface area contributed by atoms with Gasteiger partial charge in [0, 0.05) is 11.3 Å². The quantitative estimate of drug-likeness (QED) is 0.846. The summed E-state index contributed by atoms with van der Waals surface area (Å²) in [5.41, 5.74) is 5.28. The van der Waals surface area contributed by atoms with Crippen LogP contribution in [0.1, 0.15) is 5.56 Å². The third-order valence-electron chi connectivity index (χ3n) is 3.83. The van der Waals surface area contributed by atoms with Gasteiger partial charge in [-0.3, -0.25) is 20.0 Å². The van der Waals surface area contributed by atoms with Gasteiger partial charge in [-0.25, -0.2) is 0 Å². The second-order valence-electron chi connectivity index (χ2n) is 5.14. The molecular formula is C16H13N3O2S. The monoisotopic (exact) mass is 311 g/mol. The number of nitrogens with zero attached hydrogens (tertiary/aromatic N) is 1. The summed E-state index contributed by atoms with van der Waals surface area (Å²) < 4.78 is 0. The van der Waals surface area contributed by atoms with E-state index in [0.29, 0.717) is 0 Å². The molecule has 2 aliphatic rings. The van der Waals surface area contributed by atoms with Gasteiger partial charge in [0.15, 0.2) is 0 Å². The molecule has 22 heavy (non-hydrogen) atoms. The molecule has 2 aromatic carbocycles. The third-order valence-corrected chi connectivity index (χ3v) is 5.24. The normalized spacial score (nSPS) is 23.2. The van der Waals surface area contributed by atoms with Crippen molar-refractivity contribution >= 4 is 35.0 Å². The molecule has 1 spiro atoms. The highest BCUT2D eigenvalue weighted by Gasteiger charge is 2.55. The third kappa shape index (κ3) is 1.74. The molecular weight excluding hydrogens is 298 g/mol. The highest BCUT2D eigenvalue weighted by Crippen LogP contribution is 2.50. The topological polar surface area (TPSA) is 61.4 Å². The van der Waals surface area contributed by atoms with Crippen molar-refractivity contribution in [1.82, 2.24) is 5.43 Å². The maximum absolute atomic E-state index is 12.8. The van der Waals surface area contributed by atoms with Gasteiger partial charge in [0.25, 0.3) is 5.91 Å². The van der Waals surface area contributed by atoms with E-state index >= 15 is 0 Å². The molecule has 2 aliphatic heterocycles. The summed E-state index contributed by atoms with van der Waals surface area (Å²) in [5.74, 6) is -0.00957. The van der Waals surface area contributed by atoms with Crippen LogP contribution in [0.15, 0.2) is 54.6 Å². The van der Waals surface area contributed by atoms with Gasteiger partial charge in [-0.2, -0.15) is 0 Å². The number of benzene rings is 2. The van der Waals surface area contributed by atoms with Gasteiger partial charge in [-0.15, -0.1) is 11.8 Å². The lowest BCUT2D eigenvalue weighted by atomic mass is 10.1. The molecule has 0 radical (unpaired) electrons. The zero-order chi connectivity index (χ0) is 15.2. The first-order valence-corrected chi connectivity index (χ1v) is 7.90. The molecule has 0 saturated carbocycles. The fourth-order valence-corrected chi connectivity index (χ4v) is 4.08. The fourth-order valence-electron chi connectivity index (χ4n) is 2.88. The number of nitrogens with one attached hydrogen (secondary N) is 2. The molecule has 6 heteroatoms. The second-order valence-corrected chi connectivity index (χ2v) is 6.31. The van der Waals surface area contributed by atoms with Crippen molar-refractivity contribution in [3.05, 3.63) is 60.2 Å². The van der Waals surface area contributed by atoms with Crippen LogP contribution in [0.25, 0.3) is 0 Å². The summed E-state index contributed by atoms with van der Waals surface area (Å²) in [7, 11) is 0. The molecule has 5 nitrogen and oxygen atoms in total. The van der Waals surface area contributed by atoms with E-state index < -0.39 is 4.87 Å². The number of anilines is 2. The van der Waals surface area contributed by atoms with Crippen molar-refractivity contribution in [3.8, 4) is 0 Å². The largest absolute Gasteiger partial charge is 0.322 e. The van der Waals surface area contributed by atoms with Crippen LogP contribution in [0.4, 0.5) is 11.4 Å². The van der Waals surface area contributed by atoms with Gasteiger partial charge in [0.05, 0.1) is 11.4 Å². The van der Waals surface area contributed by atoms with E-state index in [2.05, 4.69) is 10.7 Å². The van der Waals surface area contributed by atoms with Crippen molar-refractivity contribution in [3.63, 3.8) is 0 Å². The van der Waals surface area contributed by atoms with Gasteiger partial charge >= 0.3 is 0 Å². The minimum Gasteiger partial charge on any atom is -0.322 e. The number of amides is 2. The second kappa shape index (κ2) is 4.78. The van der Waals surface area contributed by atoms with Gasteiger partial charge in [-0.1, -0.05) is 36.4 Å². The van der Waals surface area contributed by atoms with Crippen molar-refractivity contribution < 1.29 is 9.59 Å². The van der Waals surface area contributed by atoms with Crippen LogP contribution in [0.5, 0.6) is 0 Å². The minimum absolute atomic E-state index is 0.114. The molecule has 4 rings (SSSR count). The molecule has 0 unspecified atom stereocenters. The number of hydrogen-bond donors (Lipinski definition) is 2. The average Bonchev–Trinajstić information content (AvgIpc) is 2.83. The van der Waals surface area contributed by atoms with Crippen molar-refractivity contribution in [1.29, 1.82) is 0 Å². The SMILES string of the molecule is O=C1CS[C@]2(C(=O)Nc3ccccc32)N(c2ccccc2)N1. The Balaban J connectivity index is 1.91. The van der Waals surface area contributed by atoms with Gasteiger partial charge in [0.2, 0.25) is 10.8 Å². The minimum atomic E-state index is -0.966. The Hall–Kier alpha value is -2.47. The molecule has 0 aromatic heterocycles. The number of thioether (sulfide) groups is 1. The van der Waals surface area contributed by atoms with E-state index in [9.17, 15) is 9.59 Å². The summed E-state index contributed by atoms with van der Waals surface area (Å²) in [6.07, 6.45) is 0.